The van der Waals surface area contributed by atoms with Gasteiger partial charge in [0.15, 0.2) is 0 Å². The van der Waals surface area contributed by atoms with Crippen LogP contribution in [-0.2, 0) is 16.1 Å². The fourth-order valence-electron chi connectivity index (χ4n) is 2.67. The Morgan fingerprint density at radius 2 is 1.82 bits per heavy atom. The summed E-state index contributed by atoms with van der Waals surface area (Å²) in [5.41, 5.74) is 9.08. The minimum Gasteiger partial charge on any atom is -0.496 e. The summed E-state index contributed by atoms with van der Waals surface area (Å²) in [6, 6.07) is 10.9. The average molecular weight is 385 g/mol. The molecule has 0 unspecified atom stereocenters. The molecular formula is C21H27N3O4. The third-order valence-electron chi connectivity index (χ3n) is 4.14. The van der Waals surface area contributed by atoms with Gasteiger partial charge in [-0.05, 0) is 50.6 Å². The van der Waals surface area contributed by atoms with E-state index in [2.05, 4.69) is 16.2 Å². The molecule has 0 radical (unpaired) electrons. The maximum absolute atomic E-state index is 12.3. The number of carbonyl (C=O) groups excluding carboxylic acids is 2. The highest BCUT2D eigenvalue weighted by molar-refractivity contribution is 5.96. The largest absolute Gasteiger partial charge is 0.496 e. The number of methoxy groups -OCH3 is 1. The molecule has 0 spiro atoms. The first-order valence-corrected chi connectivity index (χ1v) is 9.09. The lowest BCUT2D eigenvalue weighted by Crippen LogP contribution is -2.44. The van der Waals surface area contributed by atoms with Gasteiger partial charge in [0.1, 0.15) is 5.75 Å². The van der Waals surface area contributed by atoms with Gasteiger partial charge < -0.3 is 14.8 Å². The van der Waals surface area contributed by atoms with Crippen LogP contribution in [0.4, 0.5) is 5.69 Å². The van der Waals surface area contributed by atoms with E-state index in [4.69, 9.17) is 9.47 Å². The predicted molar refractivity (Wildman–Crippen MR) is 108 cm³/mol. The van der Waals surface area contributed by atoms with Gasteiger partial charge in [-0.3, -0.25) is 20.4 Å². The summed E-state index contributed by atoms with van der Waals surface area (Å²) in [6.45, 7) is 6.82. The second kappa shape index (κ2) is 10.3. The number of hydrazine groups is 1. The van der Waals surface area contributed by atoms with Crippen molar-refractivity contribution in [3.8, 4) is 5.75 Å². The number of rotatable bonds is 8. The van der Waals surface area contributed by atoms with E-state index in [0.29, 0.717) is 24.5 Å². The summed E-state index contributed by atoms with van der Waals surface area (Å²) in [4.78, 5) is 24.3. The van der Waals surface area contributed by atoms with Crippen LogP contribution < -0.4 is 20.9 Å². The van der Waals surface area contributed by atoms with Crippen LogP contribution in [0, 0.1) is 13.8 Å². The number of carbonyl (C=O) groups is 2. The van der Waals surface area contributed by atoms with Gasteiger partial charge in [-0.25, -0.2) is 0 Å². The van der Waals surface area contributed by atoms with E-state index in [1.165, 1.54) is 0 Å². The molecule has 0 heterocycles. The lowest BCUT2D eigenvalue weighted by molar-refractivity contribution is -0.120. The number of aryl methyl sites for hydroxylation is 2. The lowest BCUT2D eigenvalue weighted by Gasteiger charge is -2.13. The molecule has 28 heavy (non-hydrogen) atoms. The first-order valence-electron chi connectivity index (χ1n) is 9.09. The van der Waals surface area contributed by atoms with E-state index in [0.717, 1.165) is 22.4 Å². The molecule has 3 N–H and O–H groups in total. The fourth-order valence-corrected chi connectivity index (χ4v) is 2.67. The molecule has 2 rings (SSSR count). The Kier molecular flexibility index (Phi) is 7.83. The van der Waals surface area contributed by atoms with Gasteiger partial charge in [0.25, 0.3) is 11.8 Å². The van der Waals surface area contributed by atoms with Crippen molar-refractivity contribution in [3.63, 3.8) is 0 Å². The van der Waals surface area contributed by atoms with Gasteiger partial charge in [-0.2, -0.15) is 0 Å². The highest BCUT2D eigenvalue weighted by Gasteiger charge is 2.11. The molecule has 2 amide bonds. The molecule has 0 fully saturated rings. The van der Waals surface area contributed by atoms with E-state index >= 15 is 0 Å². The van der Waals surface area contributed by atoms with E-state index in [1.807, 2.05) is 39.0 Å². The Labute approximate surface area is 165 Å². The number of benzene rings is 2. The topological polar surface area (TPSA) is 88.7 Å². The number of anilines is 1. The zero-order valence-electron chi connectivity index (χ0n) is 16.7. The van der Waals surface area contributed by atoms with Crippen molar-refractivity contribution in [3.05, 3.63) is 58.7 Å². The first kappa shape index (κ1) is 21.2. The van der Waals surface area contributed by atoms with Crippen LogP contribution in [0.5, 0.6) is 5.75 Å². The first-order chi connectivity index (χ1) is 13.4. The lowest BCUT2D eigenvalue weighted by atomic mass is 10.1. The molecule has 0 saturated carbocycles. The SMILES string of the molecule is CCOCc1cc(C(=O)NNC(=O)CNc2ccc(C)cc2C)ccc1OC. The summed E-state index contributed by atoms with van der Waals surface area (Å²) >= 11 is 0. The third kappa shape index (κ3) is 5.99. The monoisotopic (exact) mass is 385 g/mol. The second-order valence-corrected chi connectivity index (χ2v) is 6.34. The van der Waals surface area contributed by atoms with E-state index in [1.54, 1.807) is 25.3 Å². The van der Waals surface area contributed by atoms with Crippen LogP contribution in [0.15, 0.2) is 36.4 Å². The maximum atomic E-state index is 12.3. The Morgan fingerprint density at radius 1 is 1.04 bits per heavy atom. The van der Waals surface area contributed by atoms with Crippen LogP contribution in [0.25, 0.3) is 0 Å². The molecule has 0 aliphatic rings. The number of ether oxygens (including phenoxy) is 2. The third-order valence-corrected chi connectivity index (χ3v) is 4.14. The van der Waals surface area contributed by atoms with E-state index in [9.17, 15) is 9.59 Å². The Bertz CT molecular complexity index is 836. The fraction of sp³-hybridized carbons (Fsp3) is 0.333. The van der Waals surface area contributed by atoms with Crippen molar-refractivity contribution in [1.82, 2.24) is 10.9 Å². The molecule has 150 valence electrons. The van der Waals surface area contributed by atoms with Gasteiger partial charge in [-0.1, -0.05) is 17.7 Å². The highest BCUT2D eigenvalue weighted by Crippen LogP contribution is 2.21. The molecule has 7 heteroatoms. The van der Waals surface area contributed by atoms with Gasteiger partial charge >= 0.3 is 0 Å². The minimum atomic E-state index is -0.416. The molecule has 0 aromatic heterocycles. The summed E-state index contributed by atoms with van der Waals surface area (Å²) in [5.74, 6) is -0.122. The summed E-state index contributed by atoms with van der Waals surface area (Å²) in [7, 11) is 1.56. The van der Waals surface area contributed by atoms with Crippen LogP contribution in [-0.4, -0.2) is 32.1 Å². The van der Waals surface area contributed by atoms with Crippen molar-refractivity contribution in [2.75, 3.05) is 25.6 Å². The van der Waals surface area contributed by atoms with Crippen molar-refractivity contribution in [2.45, 2.75) is 27.4 Å². The summed E-state index contributed by atoms with van der Waals surface area (Å²) in [5, 5.41) is 3.05. The van der Waals surface area contributed by atoms with Crippen molar-refractivity contribution >= 4 is 17.5 Å². The van der Waals surface area contributed by atoms with Crippen LogP contribution in [0.3, 0.4) is 0 Å². The zero-order chi connectivity index (χ0) is 20.5. The van der Waals surface area contributed by atoms with Crippen LogP contribution in [0.2, 0.25) is 0 Å². The van der Waals surface area contributed by atoms with E-state index < -0.39 is 5.91 Å². The smallest absolute Gasteiger partial charge is 0.269 e. The zero-order valence-corrected chi connectivity index (χ0v) is 16.7. The molecule has 2 aromatic rings. The normalized spacial score (nSPS) is 10.3. The number of hydrogen-bond acceptors (Lipinski definition) is 5. The van der Waals surface area contributed by atoms with Gasteiger partial charge in [-0.15, -0.1) is 0 Å². The molecule has 0 aliphatic carbocycles. The predicted octanol–water partition coefficient (Wildman–Crippen LogP) is 2.72. The van der Waals surface area contributed by atoms with Crippen molar-refractivity contribution in [2.24, 2.45) is 0 Å². The average Bonchev–Trinajstić information content (AvgIpc) is 2.69. The molecule has 0 atom stereocenters. The maximum Gasteiger partial charge on any atom is 0.269 e. The summed E-state index contributed by atoms with van der Waals surface area (Å²) < 4.78 is 10.7. The highest BCUT2D eigenvalue weighted by atomic mass is 16.5. The summed E-state index contributed by atoms with van der Waals surface area (Å²) in [6.07, 6.45) is 0. The molecule has 0 bridgehead atoms. The minimum absolute atomic E-state index is 0.0440. The Balaban J connectivity index is 1.89. The molecule has 0 saturated heterocycles. The van der Waals surface area contributed by atoms with Gasteiger partial charge in [0.05, 0.1) is 20.3 Å². The second-order valence-electron chi connectivity index (χ2n) is 6.34. The quantitative estimate of drug-likeness (QED) is 0.608. The van der Waals surface area contributed by atoms with E-state index in [-0.39, 0.29) is 12.5 Å². The van der Waals surface area contributed by atoms with Crippen molar-refractivity contribution in [1.29, 1.82) is 0 Å². The van der Waals surface area contributed by atoms with Crippen molar-refractivity contribution < 1.29 is 19.1 Å². The van der Waals surface area contributed by atoms with Gasteiger partial charge in [0, 0.05) is 23.4 Å². The number of hydrogen-bond donors (Lipinski definition) is 3. The molecule has 2 aromatic carbocycles. The standard InChI is InChI=1S/C21H27N3O4/c1-5-28-13-17-11-16(7-9-19(17)27-4)21(26)24-23-20(25)12-22-18-8-6-14(2)10-15(18)3/h6-11,22H,5,12-13H2,1-4H3,(H,23,25)(H,24,26). The Morgan fingerprint density at radius 3 is 2.50 bits per heavy atom. The van der Waals surface area contributed by atoms with Gasteiger partial charge in [0.2, 0.25) is 0 Å². The Hall–Kier alpha value is -3.06. The van der Waals surface area contributed by atoms with Crippen LogP contribution in [0.1, 0.15) is 34.0 Å². The molecular weight excluding hydrogens is 358 g/mol. The van der Waals surface area contributed by atoms with Crippen LogP contribution >= 0.6 is 0 Å². The number of nitrogens with one attached hydrogen (secondary N) is 3. The molecule has 7 nitrogen and oxygen atoms in total. The number of amides is 2. The molecule has 0 aliphatic heterocycles.